The Morgan fingerprint density at radius 2 is 1.63 bits per heavy atom. The van der Waals surface area contributed by atoms with Crippen LogP contribution in [-0.2, 0) is 18.7 Å². The average Bonchev–Trinajstić information content (AvgIpc) is 3.03. The van der Waals surface area contributed by atoms with Crippen molar-refractivity contribution in [2.24, 2.45) is 0 Å². The van der Waals surface area contributed by atoms with Crippen molar-refractivity contribution in [3.05, 3.63) is 82.7 Å². The largest absolute Gasteiger partial charge is 0.496 e. The van der Waals surface area contributed by atoms with Crippen LogP contribution in [0.2, 0.25) is 0 Å². The van der Waals surface area contributed by atoms with E-state index in [4.69, 9.17) is 9.84 Å². The van der Waals surface area contributed by atoms with Crippen LogP contribution < -0.4 is 4.74 Å². The van der Waals surface area contributed by atoms with Crippen molar-refractivity contribution in [2.75, 3.05) is 20.2 Å². The molecule has 5 nitrogen and oxygen atoms in total. The molecule has 30 heavy (non-hydrogen) atoms. The molecule has 2 heterocycles. The maximum atomic E-state index is 11.3. The lowest BCUT2D eigenvalue weighted by atomic mass is 9.83. The Bertz CT molecular complexity index is 989. The maximum absolute atomic E-state index is 11.3. The smallest absolute Gasteiger partial charge is 0.124 e. The van der Waals surface area contributed by atoms with Gasteiger partial charge < -0.3 is 9.84 Å². The first kappa shape index (κ1) is 20.6. The molecule has 1 fully saturated rings. The summed E-state index contributed by atoms with van der Waals surface area (Å²) in [4.78, 5) is 2.42. The van der Waals surface area contributed by atoms with Crippen LogP contribution in [0.5, 0.6) is 5.75 Å². The first-order valence-corrected chi connectivity index (χ1v) is 10.7. The van der Waals surface area contributed by atoms with E-state index in [1.54, 1.807) is 7.11 Å². The van der Waals surface area contributed by atoms with Crippen LogP contribution in [0.4, 0.5) is 0 Å². The van der Waals surface area contributed by atoms with Gasteiger partial charge in [-0.2, -0.15) is 5.10 Å². The van der Waals surface area contributed by atoms with Crippen LogP contribution in [0.1, 0.15) is 40.9 Å². The number of nitrogens with zero attached hydrogens (tertiary/aromatic N) is 3. The lowest BCUT2D eigenvalue weighted by molar-refractivity contribution is -0.0293. The van der Waals surface area contributed by atoms with E-state index in [0.717, 1.165) is 43.2 Å². The zero-order chi connectivity index (χ0) is 21.1. The van der Waals surface area contributed by atoms with Gasteiger partial charge in [-0.3, -0.25) is 9.58 Å². The van der Waals surface area contributed by atoms with Gasteiger partial charge >= 0.3 is 0 Å². The lowest BCUT2D eigenvalue weighted by Gasteiger charge is -2.39. The Hall–Kier alpha value is -2.63. The molecule has 0 atom stereocenters. The standard InChI is InChI=1S/C25H31N3O2/c1-19-22(20(2)28(26-19)17-21-9-5-4-6-10-21)18-27-15-13-25(29,14-16-27)23-11-7-8-12-24(23)30-3/h4-12,29H,13-18H2,1-3H3. The zero-order valence-corrected chi connectivity index (χ0v) is 18.1. The average molecular weight is 406 g/mol. The number of methoxy groups -OCH3 is 1. The molecule has 5 heteroatoms. The highest BCUT2D eigenvalue weighted by Crippen LogP contribution is 2.38. The SMILES string of the molecule is COc1ccccc1C1(O)CCN(Cc2c(C)nn(Cc3ccccc3)c2C)CC1. The van der Waals surface area contributed by atoms with Crippen molar-refractivity contribution >= 4 is 0 Å². The molecule has 1 N–H and O–H groups in total. The lowest BCUT2D eigenvalue weighted by Crippen LogP contribution is -2.42. The van der Waals surface area contributed by atoms with E-state index in [2.05, 4.69) is 47.7 Å². The van der Waals surface area contributed by atoms with Crippen LogP contribution in [0.15, 0.2) is 54.6 Å². The number of para-hydroxylation sites is 1. The van der Waals surface area contributed by atoms with Gasteiger partial charge in [0.2, 0.25) is 0 Å². The van der Waals surface area contributed by atoms with E-state index in [1.165, 1.54) is 16.8 Å². The number of hydrogen-bond donors (Lipinski definition) is 1. The first-order valence-electron chi connectivity index (χ1n) is 10.7. The van der Waals surface area contributed by atoms with Gasteiger partial charge in [0.1, 0.15) is 5.75 Å². The normalized spacial score (nSPS) is 16.5. The summed E-state index contributed by atoms with van der Waals surface area (Å²) < 4.78 is 7.59. The number of aliphatic hydroxyl groups is 1. The molecular weight excluding hydrogens is 374 g/mol. The summed E-state index contributed by atoms with van der Waals surface area (Å²) in [7, 11) is 1.66. The van der Waals surface area contributed by atoms with Gasteiger partial charge in [-0.1, -0.05) is 48.5 Å². The van der Waals surface area contributed by atoms with Gasteiger partial charge in [0.05, 0.1) is 24.9 Å². The topological polar surface area (TPSA) is 50.5 Å². The van der Waals surface area contributed by atoms with Gasteiger partial charge in [0, 0.05) is 36.5 Å². The van der Waals surface area contributed by atoms with Crippen LogP contribution in [0, 0.1) is 13.8 Å². The van der Waals surface area contributed by atoms with Crippen molar-refractivity contribution in [3.63, 3.8) is 0 Å². The van der Waals surface area contributed by atoms with Gasteiger partial charge in [-0.25, -0.2) is 0 Å². The van der Waals surface area contributed by atoms with Crippen LogP contribution in [0.3, 0.4) is 0 Å². The fourth-order valence-electron chi connectivity index (χ4n) is 4.48. The Morgan fingerprint density at radius 1 is 0.967 bits per heavy atom. The number of aryl methyl sites for hydroxylation is 1. The predicted octanol–water partition coefficient (Wildman–Crippen LogP) is 4.04. The minimum Gasteiger partial charge on any atom is -0.496 e. The van der Waals surface area contributed by atoms with Gasteiger partial charge in [-0.05, 0) is 38.3 Å². The van der Waals surface area contributed by atoms with Crippen LogP contribution >= 0.6 is 0 Å². The fourth-order valence-corrected chi connectivity index (χ4v) is 4.48. The number of rotatable bonds is 6. The van der Waals surface area contributed by atoms with Gasteiger partial charge in [-0.15, -0.1) is 0 Å². The van der Waals surface area contributed by atoms with Crippen molar-refractivity contribution in [2.45, 2.75) is 45.4 Å². The highest BCUT2D eigenvalue weighted by atomic mass is 16.5. The summed E-state index contributed by atoms with van der Waals surface area (Å²) in [6.07, 6.45) is 1.40. The third-order valence-electron chi connectivity index (χ3n) is 6.38. The predicted molar refractivity (Wildman–Crippen MR) is 119 cm³/mol. The maximum Gasteiger partial charge on any atom is 0.124 e. The van der Waals surface area contributed by atoms with E-state index in [-0.39, 0.29) is 0 Å². The minimum atomic E-state index is -0.829. The van der Waals surface area contributed by atoms with Crippen molar-refractivity contribution in [1.29, 1.82) is 0 Å². The Balaban J connectivity index is 1.44. The monoisotopic (exact) mass is 405 g/mol. The number of piperidine rings is 1. The fraction of sp³-hybridized carbons (Fsp3) is 0.400. The van der Waals surface area contributed by atoms with Gasteiger partial charge in [0.15, 0.2) is 0 Å². The molecular formula is C25H31N3O2. The second-order valence-corrected chi connectivity index (χ2v) is 8.30. The molecule has 0 saturated carbocycles. The Labute approximate surface area is 178 Å². The molecule has 158 valence electrons. The molecule has 2 aromatic carbocycles. The molecule has 1 saturated heterocycles. The van der Waals surface area contributed by atoms with E-state index >= 15 is 0 Å². The molecule has 0 radical (unpaired) electrons. The van der Waals surface area contributed by atoms with Crippen molar-refractivity contribution < 1.29 is 9.84 Å². The molecule has 1 aliphatic heterocycles. The molecule has 0 amide bonds. The minimum absolute atomic E-state index is 0.698. The molecule has 1 aromatic heterocycles. The van der Waals surface area contributed by atoms with Crippen LogP contribution in [0.25, 0.3) is 0 Å². The van der Waals surface area contributed by atoms with Crippen molar-refractivity contribution in [1.82, 2.24) is 14.7 Å². The van der Waals surface area contributed by atoms with E-state index in [9.17, 15) is 5.11 Å². The van der Waals surface area contributed by atoms with E-state index in [1.807, 2.05) is 30.3 Å². The summed E-state index contributed by atoms with van der Waals surface area (Å²) in [5.41, 5.74) is 4.94. The second-order valence-electron chi connectivity index (χ2n) is 8.30. The quantitative estimate of drug-likeness (QED) is 0.672. The summed E-state index contributed by atoms with van der Waals surface area (Å²) >= 11 is 0. The molecule has 4 rings (SSSR count). The molecule has 0 aliphatic carbocycles. The Morgan fingerprint density at radius 3 is 2.33 bits per heavy atom. The third-order valence-corrected chi connectivity index (χ3v) is 6.38. The second kappa shape index (κ2) is 8.62. The number of hydrogen-bond acceptors (Lipinski definition) is 4. The van der Waals surface area contributed by atoms with Crippen LogP contribution in [-0.4, -0.2) is 40.0 Å². The van der Waals surface area contributed by atoms with Crippen molar-refractivity contribution in [3.8, 4) is 5.75 Å². The van der Waals surface area contributed by atoms with E-state index in [0.29, 0.717) is 12.8 Å². The molecule has 0 bridgehead atoms. The number of likely N-dealkylation sites (tertiary alicyclic amines) is 1. The number of benzene rings is 2. The van der Waals surface area contributed by atoms with Gasteiger partial charge in [0.25, 0.3) is 0 Å². The molecule has 3 aromatic rings. The highest BCUT2D eigenvalue weighted by molar-refractivity contribution is 5.38. The first-order chi connectivity index (χ1) is 14.5. The molecule has 0 spiro atoms. The summed E-state index contributed by atoms with van der Waals surface area (Å²) in [6, 6.07) is 18.3. The van der Waals surface area contributed by atoms with E-state index < -0.39 is 5.60 Å². The third kappa shape index (κ3) is 4.13. The molecule has 0 unspecified atom stereocenters. The number of ether oxygens (including phenoxy) is 1. The molecule has 1 aliphatic rings. The Kier molecular flexibility index (Phi) is 5.93. The highest BCUT2D eigenvalue weighted by Gasteiger charge is 2.36. The zero-order valence-electron chi connectivity index (χ0n) is 18.1. The summed E-state index contributed by atoms with van der Waals surface area (Å²) in [6.45, 7) is 7.61. The number of aromatic nitrogens is 2. The summed E-state index contributed by atoms with van der Waals surface area (Å²) in [5, 5.41) is 16.1. The summed E-state index contributed by atoms with van der Waals surface area (Å²) in [5.74, 6) is 0.766.